The number of hydrogen-bond donors (Lipinski definition) is 0. The zero-order valence-electron chi connectivity index (χ0n) is 7.91. The van der Waals surface area contributed by atoms with Gasteiger partial charge in [0.25, 0.3) is 0 Å². The molecule has 4 heteroatoms. The Labute approximate surface area is 91.7 Å². The van der Waals surface area contributed by atoms with Crippen molar-refractivity contribution in [2.45, 2.75) is 12.1 Å². The van der Waals surface area contributed by atoms with Crippen LogP contribution in [-0.2, 0) is 0 Å². The number of benzene rings is 1. The van der Waals surface area contributed by atoms with Gasteiger partial charge in [-0.15, -0.1) is 0 Å². The molecule has 0 saturated heterocycles. The summed E-state index contributed by atoms with van der Waals surface area (Å²) in [7, 11) is 0. The average Bonchev–Trinajstić information content (AvgIpc) is 2.17. The van der Waals surface area contributed by atoms with Gasteiger partial charge in [-0.3, -0.25) is 0 Å². The van der Waals surface area contributed by atoms with Gasteiger partial charge >= 0.3 is 0 Å². The number of fused-ring (bicyclic) bond motifs is 1. The van der Waals surface area contributed by atoms with Crippen molar-refractivity contribution in [1.82, 2.24) is 9.97 Å². The highest BCUT2D eigenvalue weighted by Crippen LogP contribution is 2.25. The first-order valence-electron chi connectivity index (χ1n) is 4.19. The number of aryl methyl sites for hydroxylation is 1. The van der Waals surface area contributed by atoms with E-state index in [4.69, 9.17) is 11.6 Å². The molecule has 0 atom stereocenters. The van der Waals surface area contributed by atoms with Crippen LogP contribution in [0.4, 0.5) is 0 Å². The van der Waals surface area contributed by atoms with Gasteiger partial charge in [-0.2, -0.15) is 0 Å². The number of nitrogens with zero attached hydrogens (tertiary/aromatic N) is 2. The summed E-state index contributed by atoms with van der Waals surface area (Å²) >= 11 is 7.58. The van der Waals surface area contributed by atoms with Crippen molar-refractivity contribution in [2.75, 3.05) is 6.26 Å². The maximum Gasteiger partial charge on any atom is 0.189 e. The van der Waals surface area contributed by atoms with Crippen molar-refractivity contribution in [2.24, 2.45) is 0 Å². The lowest BCUT2D eigenvalue weighted by atomic mass is 10.1. The van der Waals surface area contributed by atoms with Gasteiger partial charge in [0, 0.05) is 5.39 Å². The smallest absolute Gasteiger partial charge is 0.189 e. The minimum absolute atomic E-state index is 0.539. The van der Waals surface area contributed by atoms with Crippen LogP contribution in [0.25, 0.3) is 10.9 Å². The number of hydrogen-bond acceptors (Lipinski definition) is 3. The lowest BCUT2D eigenvalue weighted by molar-refractivity contribution is 1.01. The highest BCUT2D eigenvalue weighted by atomic mass is 35.5. The Bertz CT molecular complexity index is 485. The summed E-state index contributed by atoms with van der Waals surface area (Å²) in [4.78, 5) is 8.58. The molecule has 0 unspecified atom stereocenters. The van der Waals surface area contributed by atoms with Gasteiger partial charge < -0.3 is 0 Å². The first-order valence-corrected chi connectivity index (χ1v) is 5.79. The second-order valence-corrected chi connectivity index (χ2v) is 4.10. The Morgan fingerprint density at radius 1 is 1.29 bits per heavy atom. The predicted octanol–water partition coefficient (Wildman–Crippen LogP) is 3.31. The molecule has 0 aliphatic rings. The molecule has 0 bridgehead atoms. The van der Waals surface area contributed by atoms with Crippen LogP contribution in [0.2, 0.25) is 5.15 Å². The van der Waals surface area contributed by atoms with Crippen LogP contribution in [0.5, 0.6) is 0 Å². The number of rotatable bonds is 1. The number of aromatic nitrogens is 2. The number of thioether (sulfide) groups is 1. The molecule has 2 nitrogen and oxygen atoms in total. The van der Waals surface area contributed by atoms with Gasteiger partial charge in [0.05, 0.1) is 5.52 Å². The lowest BCUT2D eigenvalue weighted by Gasteiger charge is -2.04. The monoisotopic (exact) mass is 224 g/mol. The molecule has 0 spiro atoms. The molecular weight excluding hydrogens is 216 g/mol. The molecule has 14 heavy (non-hydrogen) atoms. The Kier molecular flexibility index (Phi) is 2.61. The van der Waals surface area contributed by atoms with Crippen LogP contribution in [0.3, 0.4) is 0 Å². The fourth-order valence-electron chi connectivity index (χ4n) is 1.37. The Morgan fingerprint density at radius 3 is 2.79 bits per heavy atom. The third-order valence-corrected chi connectivity index (χ3v) is 2.87. The van der Waals surface area contributed by atoms with Crippen LogP contribution in [-0.4, -0.2) is 16.2 Å². The van der Waals surface area contributed by atoms with Crippen molar-refractivity contribution in [3.8, 4) is 0 Å². The van der Waals surface area contributed by atoms with E-state index in [2.05, 4.69) is 9.97 Å². The SMILES string of the molecule is CSc1nc(Cl)c2c(C)cccc2n1. The van der Waals surface area contributed by atoms with E-state index in [1.54, 1.807) is 0 Å². The molecule has 0 radical (unpaired) electrons. The maximum atomic E-state index is 6.08. The van der Waals surface area contributed by atoms with Crippen molar-refractivity contribution < 1.29 is 0 Å². The summed E-state index contributed by atoms with van der Waals surface area (Å²) in [6, 6.07) is 5.94. The normalized spacial score (nSPS) is 10.8. The molecule has 0 saturated carbocycles. The topological polar surface area (TPSA) is 25.8 Å². The van der Waals surface area contributed by atoms with E-state index < -0.39 is 0 Å². The van der Waals surface area contributed by atoms with Crippen LogP contribution >= 0.6 is 23.4 Å². The van der Waals surface area contributed by atoms with E-state index in [9.17, 15) is 0 Å². The summed E-state index contributed by atoms with van der Waals surface area (Å²) in [5, 5.41) is 2.21. The third kappa shape index (κ3) is 1.57. The van der Waals surface area contributed by atoms with E-state index in [1.807, 2.05) is 31.4 Å². The molecule has 1 heterocycles. The van der Waals surface area contributed by atoms with E-state index >= 15 is 0 Å². The summed E-state index contributed by atoms with van der Waals surface area (Å²) in [6.07, 6.45) is 1.94. The highest BCUT2D eigenvalue weighted by molar-refractivity contribution is 7.98. The molecule has 1 aromatic carbocycles. The second-order valence-electron chi connectivity index (χ2n) is 2.97. The first kappa shape index (κ1) is 9.74. The summed E-state index contributed by atoms with van der Waals surface area (Å²) in [6.45, 7) is 2.01. The molecule has 1 aromatic heterocycles. The first-order chi connectivity index (χ1) is 6.72. The van der Waals surface area contributed by atoms with E-state index in [-0.39, 0.29) is 0 Å². The largest absolute Gasteiger partial charge is 0.222 e. The zero-order chi connectivity index (χ0) is 10.1. The molecular formula is C10H9ClN2S. The van der Waals surface area contributed by atoms with Gasteiger partial charge in [-0.25, -0.2) is 9.97 Å². The van der Waals surface area contributed by atoms with Crippen molar-refractivity contribution in [3.63, 3.8) is 0 Å². The molecule has 0 amide bonds. The van der Waals surface area contributed by atoms with E-state index in [0.717, 1.165) is 16.5 Å². The molecule has 0 aliphatic heterocycles. The van der Waals surface area contributed by atoms with Gasteiger partial charge in [0.2, 0.25) is 0 Å². The van der Waals surface area contributed by atoms with Gasteiger partial charge in [0.15, 0.2) is 5.16 Å². The second kappa shape index (κ2) is 3.75. The standard InChI is InChI=1S/C10H9ClN2S/c1-6-4-3-5-7-8(6)9(11)13-10(12-7)14-2/h3-5H,1-2H3. The summed E-state index contributed by atoms with van der Waals surface area (Å²) in [5.74, 6) is 0. The fourth-order valence-corrected chi connectivity index (χ4v) is 2.12. The zero-order valence-corrected chi connectivity index (χ0v) is 9.49. The van der Waals surface area contributed by atoms with Gasteiger partial charge in [0.1, 0.15) is 5.15 Å². The van der Waals surface area contributed by atoms with Crippen LogP contribution in [0, 0.1) is 6.92 Å². The van der Waals surface area contributed by atoms with Crippen molar-refractivity contribution >= 4 is 34.3 Å². The van der Waals surface area contributed by atoms with E-state index in [0.29, 0.717) is 10.3 Å². The number of halogens is 1. The predicted molar refractivity (Wildman–Crippen MR) is 61.1 cm³/mol. The highest BCUT2D eigenvalue weighted by Gasteiger charge is 2.06. The molecule has 2 aromatic rings. The van der Waals surface area contributed by atoms with Crippen molar-refractivity contribution in [1.29, 1.82) is 0 Å². The third-order valence-electron chi connectivity index (χ3n) is 2.05. The van der Waals surface area contributed by atoms with Gasteiger partial charge in [-0.05, 0) is 24.8 Å². The van der Waals surface area contributed by atoms with Crippen molar-refractivity contribution in [3.05, 3.63) is 28.9 Å². The average molecular weight is 225 g/mol. The van der Waals surface area contributed by atoms with Crippen LogP contribution < -0.4 is 0 Å². The fraction of sp³-hybridized carbons (Fsp3) is 0.200. The summed E-state index contributed by atoms with van der Waals surface area (Å²) in [5.41, 5.74) is 2.02. The van der Waals surface area contributed by atoms with Gasteiger partial charge in [-0.1, -0.05) is 35.5 Å². The summed E-state index contributed by atoms with van der Waals surface area (Å²) < 4.78 is 0. The van der Waals surface area contributed by atoms with Crippen LogP contribution in [0.1, 0.15) is 5.56 Å². The molecule has 72 valence electrons. The van der Waals surface area contributed by atoms with E-state index in [1.165, 1.54) is 11.8 Å². The molecule has 0 N–H and O–H groups in total. The minimum atomic E-state index is 0.539. The molecule has 2 rings (SSSR count). The van der Waals surface area contributed by atoms with Crippen LogP contribution in [0.15, 0.2) is 23.4 Å². The quantitative estimate of drug-likeness (QED) is 0.422. The Balaban J connectivity index is 2.83. The Hall–Kier alpha value is -0.800. The molecule has 0 aliphatic carbocycles. The lowest BCUT2D eigenvalue weighted by Crippen LogP contribution is -1.90. The Morgan fingerprint density at radius 2 is 2.07 bits per heavy atom. The minimum Gasteiger partial charge on any atom is -0.222 e. The maximum absolute atomic E-state index is 6.08. The molecule has 0 fully saturated rings.